The molecule has 0 aromatic heterocycles. The van der Waals surface area contributed by atoms with Crippen LogP contribution < -0.4 is 15.4 Å². The number of benzene rings is 1. The van der Waals surface area contributed by atoms with Gasteiger partial charge in [-0.25, -0.2) is 0 Å². The molecule has 0 atom stereocenters. The number of hydrogen-bond donors (Lipinski definition) is 2. The third-order valence-electron chi connectivity index (χ3n) is 5.85. The summed E-state index contributed by atoms with van der Waals surface area (Å²) < 4.78 is 6.07. The van der Waals surface area contributed by atoms with Crippen molar-refractivity contribution >= 4 is 11.9 Å². The Labute approximate surface area is 181 Å². The van der Waals surface area contributed by atoms with Crippen molar-refractivity contribution in [1.82, 2.24) is 20.4 Å². The molecule has 0 aliphatic carbocycles. The molecule has 0 radical (unpaired) electrons. The van der Waals surface area contributed by atoms with Gasteiger partial charge >= 0.3 is 0 Å². The largest absolute Gasteiger partial charge is 0.492 e. The molecular weight excluding hydrogens is 378 g/mol. The number of hydrogen-bond acceptors (Lipinski definition) is 4. The summed E-state index contributed by atoms with van der Waals surface area (Å²) in [4.78, 5) is 20.7. The zero-order valence-electron chi connectivity index (χ0n) is 19.1. The number of amides is 1. The number of piperidine rings is 1. The van der Waals surface area contributed by atoms with E-state index in [2.05, 4.69) is 45.3 Å². The minimum absolute atomic E-state index is 0.133. The van der Waals surface area contributed by atoms with Crippen molar-refractivity contribution < 1.29 is 9.53 Å². The highest BCUT2D eigenvalue weighted by atomic mass is 16.5. The van der Waals surface area contributed by atoms with E-state index >= 15 is 0 Å². The van der Waals surface area contributed by atoms with Gasteiger partial charge in [0.1, 0.15) is 12.4 Å². The lowest BCUT2D eigenvalue weighted by atomic mass is 9.93. The normalized spacial score (nSPS) is 15.4. The van der Waals surface area contributed by atoms with Gasteiger partial charge in [0.2, 0.25) is 5.91 Å². The number of nitrogens with zero attached hydrogens (tertiary/aromatic N) is 3. The SMILES string of the molecule is CCN(CC)CCOc1ccccc1CNC(=NC)N1CCC(CC(=O)NC)CC1. The van der Waals surface area contributed by atoms with Gasteiger partial charge in [0, 0.05) is 52.3 Å². The monoisotopic (exact) mass is 417 g/mol. The zero-order valence-corrected chi connectivity index (χ0v) is 19.1. The van der Waals surface area contributed by atoms with Crippen molar-refractivity contribution in [3.8, 4) is 5.75 Å². The van der Waals surface area contributed by atoms with Crippen molar-refractivity contribution in [2.24, 2.45) is 10.9 Å². The van der Waals surface area contributed by atoms with E-state index in [1.807, 2.05) is 25.2 Å². The van der Waals surface area contributed by atoms with Gasteiger partial charge in [0.15, 0.2) is 5.96 Å². The lowest BCUT2D eigenvalue weighted by Crippen LogP contribution is -2.45. The van der Waals surface area contributed by atoms with Gasteiger partial charge in [0.25, 0.3) is 0 Å². The lowest BCUT2D eigenvalue weighted by molar-refractivity contribution is -0.121. The molecule has 0 bridgehead atoms. The Bertz CT molecular complexity index is 667. The first kappa shape index (κ1) is 24.0. The summed E-state index contributed by atoms with van der Waals surface area (Å²) in [5, 5.41) is 6.22. The molecule has 7 heteroatoms. The molecule has 168 valence electrons. The Morgan fingerprint density at radius 2 is 1.93 bits per heavy atom. The molecule has 1 fully saturated rings. The fourth-order valence-corrected chi connectivity index (χ4v) is 3.83. The smallest absolute Gasteiger partial charge is 0.220 e. The minimum Gasteiger partial charge on any atom is -0.492 e. The van der Waals surface area contributed by atoms with Crippen LogP contribution in [-0.4, -0.2) is 75.1 Å². The van der Waals surface area contributed by atoms with Crippen molar-refractivity contribution in [3.05, 3.63) is 29.8 Å². The van der Waals surface area contributed by atoms with Crippen LogP contribution in [0.1, 0.15) is 38.7 Å². The minimum atomic E-state index is 0.133. The first-order chi connectivity index (χ1) is 14.6. The Morgan fingerprint density at radius 1 is 1.23 bits per heavy atom. The summed E-state index contributed by atoms with van der Waals surface area (Å²) in [5.41, 5.74) is 1.13. The van der Waals surface area contributed by atoms with E-state index in [4.69, 9.17) is 4.74 Å². The van der Waals surface area contributed by atoms with Crippen molar-refractivity contribution in [3.63, 3.8) is 0 Å². The second-order valence-electron chi connectivity index (χ2n) is 7.69. The van der Waals surface area contributed by atoms with Gasteiger partial charge < -0.3 is 25.2 Å². The lowest BCUT2D eigenvalue weighted by Gasteiger charge is -2.34. The number of para-hydroxylation sites is 1. The zero-order chi connectivity index (χ0) is 21.8. The maximum Gasteiger partial charge on any atom is 0.220 e. The second-order valence-corrected chi connectivity index (χ2v) is 7.69. The van der Waals surface area contributed by atoms with Gasteiger partial charge in [-0.1, -0.05) is 32.0 Å². The second kappa shape index (κ2) is 13.1. The molecule has 1 amide bonds. The number of rotatable bonds is 10. The summed E-state index contributed by atoms with van der Waals surface area (Å²) in [6.07, 6.45) is 2.65. The highest BCUT2D eigenvalue weighted by molar-refractivity contribution is 5.80. The van der Waals surface area contributed by atoms with Crippen molar-refractivity contribution in [2.45, 2.75) is 39.7 Å². The molecule has 1 aromatic carbocycles. The molecule has 1 heterocycles. The number of likely N-dealkylation sites (tertiary alicyclic amines) is 1. The van der Waals surface area contributed by atoms with Crippen molar-refractivity contribution in [1.29, 1.82) is 0 Å². The quantitative estimate of drug-likeness (QED) is 0.452. The van der Waals surface area contributed by atoms with Gasteiger partial charge in [-0.15, -0.1) is 0 Å². The number of likely N-dealkylation sites (N-methyl/N-ethyl adjacent to an activating group) is 1. The topological polar surface area (TPSA) is 69.2 Å². The Balaban J connectivity index is 1.85. The molecule has 1 aliphatic heterocycles. The highest BCUT2D eigenvalue weighted by Gasteiger charge is 2.23. The third-order valence-corrected chi connectivity index (χ3v) is 5.85. The van der Waals surface area contributed by atoms with Crippen LogP contribution in [0.2, 0.25) is 0 Å². The van der Waals surface area contributed by atoms with Crippen LogP contribution in [-0.2, 0) is 11.3 Å². The maximum atomic E-state index is 11.6. The molecule has 0 unspecified atom stereocenters. The van der Waals surface area contributed by atoms with E-state index in [1.54, 1.807) is 7.05 Å². The molecule has 2 N–H and O–H groups in total. The van der Waals surface area contributed by atoms with Crippen LogP contribution in [0.15, 0.2) is 29.3 Å². The summed E-state index contributed by atoms with van der Waals surface area (Å²) in [6.45, 7) is 10.6. The summed E-state index contributed by atoms with van der Waals surface area (Å²) >= 11 is 0. The average molecular weight is 418 g/mol. The number of guanidine groups is 1. The van der Waals surface area contributed by atoms with Crippen LogP contribution in [0.4, 0.5) is 0 Å². The standard InChI is InChI=1S/C23H39N5O2/c1-5-27(6-2)15-16-30-21-10-8-7-9-20(21)18-26-23(25-4)28-13-11-19(12-14-28)17-22(29)24-3/h7-10,19H,5-6,11-18H2,1-4H3,(H,24,29)(H,25,26). The first-order valence-electron chi connectivity index (χ1n) is 11.2. The number of nitrogens with one attached hydrogen (secondary N) is 2. The summed E-state index contributed by atoms with van der Waals surface area (Å²) in [5.74, 6) is 2.43. The molecular formula is C23H39N5O2. The van der Waals surface area contributed by atoms with Gasteiger partial charge in [0.05, 0.1) is 0 Å². The fraction of sp³-hybridized carbons (Fsp3) is 0.652. The first-order valence-corrected chi connectivity index (χ1v) is 11.2. The van der Waals surface area contributed by atoms with Crippen LogP contribution >= 0.6 is 0 Å². The van der Waals surface area contributed by atoms with Gasteiger partial charge in [-0.05, 0) is 37.9 Å². The van der Waals surface area contributed by atoms with Crippen LogP contribution in [0.5, 0.6) is 5.75 Å². The number of carbonyl (C=O) groups excluding carboxylic acids is 1. The Morgan fingerprint density at radius 3 is 2.57 bits per heavy atom. The molecule has 1 aromatic rings. The van der Waals surface area contributed by atoms with E-state index in [1.165, 1.54) is 0 Å². The predicted octanol–water partition coefficient (Wildman–Crippen LogP) is 2.33. The van der Waals surface area contributed by atoms with E-state index in [0.29, 0.717) is 25.5 Å². The van der Waals surface area contributed by atoms with E-state index in [-0.39, 0.29) is 5.91 Å². The van der Waals surface area contributed by atoms with Crippen LogP contribution in [0.3, 0.4) is 0 Å². The highest BCUT2D eigenvalue weighted by Crippen LogP contribution is 2.21. The number of carbonyl (C=O) groups is 1. The van der Waals surface area contributed by atoms with E-state index in [0.717, 1.165) is 62.8 Å². The predicted molar refractivity (Wildman–Crippen MR) is 123 cm³/mol. The summed E-state index contributed by atoms with van der Waals surface area (Å²) in [7, 11) is 3.53. The maximum absolute atomic E-state index is 11.6. The van der Waals surface area contributed by atoms with E-state index in [9.17, 15) is 4.79 Å². The summed E-state index contributed by atoms with van der Waals surface area (Å²) in [6, 6.07) is 8.19. The third kappa shape index (κ3) is 7.52. The Kier molecular flexibility index (Phi) is 10.5. The van der Waals surface area contributed by atoms with Crippen LogP contribution in [0, 0.1) is 5.92 Å². The molecule has 2 rings (SSSR count). The molecule has 1 aliphatic rings. The molecule has 0 spiro atoms. The van der Waals surface area contributed by atoms with Crippen LogP contribution in [0.25, 0.3) is 0 Å². The molecule has 1 saturated heterocycles. The van der Waals surface area contributed by atoms with Crippen molar-refractivity contribution in [2.75, 3.05) is 53.4 Å². The molecule has 30 heavy (non-hydrogen) atoms. The number of aliphatic imine (C=N–C) groups is 1. The molecule has 0 saturated carbocycles. The van der Waals surface area contributed by atoms with Gasteiger partial charge in [-0.3, -0.25) is 9.79 Å². The fourth-order valence-electron chi connectivity index (χ4n) is 3.83. The Hall–Kier alpha value is -2.28. The number of ether oxygens (including phenoxy) is 1. The molecule has 7 nitrogen and oxygen atoms in total. The van der Waals surface area contributed by atoms with E-state index < -0.39 is 0 Å². The average Bonchev–Trinajstić information content (AvgIpc) is 2.79. The van der Waals surface area contributed by atoms with Gasteiger partial charge in [-0.2, -0.15) is 0 Å².